The van der Waals surface area contributed by atoms with E-state index < -0.39 is 5.60 Å². The Morgan fingerprint density at radius 3 is 2.80 bits per heavy atom. The van der Waals surface area contributed by atoms with Crippen molar-refractivity contribution >= 4 is 11.6 Å². The first kappa shape index (κ1) is 25.4. The van der Waals surface area contributed by atoms with E-state index in [-0.39, 0.29) is 6.61 Å². The molecule has 1 fully saturated rings. The van der Waals surface area contributed by atoms with Crippen LogP contribution in [-0.2, 0) is 13.1 Å². The van der Waals surface area contributed by atoms with Crippen molar-refractivity contribution in [2.45, 2.75) is 44.9 Å². The lowest BCUT2D eigenvalue weighted by molar-refractivity contribution is -0.0621. The minimum atomic E-state index is -0.927. The van der Waals surface area contributed by atoms with Gasteiger partial charge in [-0.1, -0.05) is 23.7 Å². The number of hydrogen-bond donors (Lipinski definition) is 1. The average Bonchev–Trinajstić information content (AvgIpc) is 3.36. The van der Waals surface area contributed by atoms with Crippen molar-refractivity contribution in [3.8, 4) is 17.2 Å². The van der Waals surface area contributed by atoms with Crippen LogP contribution in [0.4, 0.5) is 0 Å². The number of aryl methyl sites for hydroxylation is 2. The number of aromatic nitrogens is 2. The van der Waals surface area contributed by atoms with E-state index in [0.29, 0.717) is 42.6 Å². The number of aliphatic hydroxyl groups is 1. The number of ether oxygens (including phenoxy) is 3. The first-order chi connectivity index (χ1) is 16.9. The highest BCUT2D eigenvalue weighted by Gasteiger charge is 2.34. The zero-order chi connectivity index (χ0) is 24.7. The molecular weight excluding hydrogens is 466 g/mol. The number of likely N-dealkylation sites (tertiary alicyclic amines) is 1. The normalized spacial score (nSPS) is 18.4. The van der Waals surface area contributed by atoms with Crippen molar-refractivity contribution in [1.82, 2.24) is 14.7 Å². The summed E-state index contributed by atoms with van der Waals surface area (Å²) in [5.41, 5.74) is 1.25. The molecule has 0 saturated carbocycles. The first-order valence-corrected chi connectivity index (χ1v) is 12.4. The molecule has 1 aliphatic rings. The molecule has 1 aliphatic heterocycles. The largest absolute Gasteiger partial charge is 0.493 e. The third-order valence-electron chi connectivity index (χ3n) is 6.20. The van der Waals surface area contributed by atoms with Crippen molar-refractivity contribution in [2.75, 3.05) is 33.4 Å². The summed E-state index contributed by atoms with van der Waals surface area (Å²) in [7, 11) is 1.65. The van der Waals surface area contributed by atoms with E-state index in [0.717, 1.165) is 42.8 Å². The van der Waals surface area contributed by atoms with Gasteiger partial charge in [-0.3, -0.25) is 9.58 Å². The topological polar surface area (TPSA) is 69.0 Å². The number of nitrogens with zero attached hydrogens (tertiary/aromatic N) is 3. The third-order valence-corrected chi connectivity index (χ3v) is 6.51. The molecule has 0 radical (unpaired) electrons. The minimum Gasteiger partial charge on any atom is -0.493 e. The van der Waals surface area contributed by atoms with Gasteiger partial charge in [0.15, 0.2) is 11.5 Å². The van der Waals surface area contributed by atoms with Crippen molar-refractivity contribution in [2.24, 2.45) is 0 Å². The van der Waals surface area contributed by atoms with Gasteiger partial charge in [-0.2, -0.15) is 5.10 Å². The van der Waals surface area contributed by atoms with Crippen LogP contribution in [0.1, 0.15) is 30.4 Å². The fourth-order valence-corrected chi connectivity index (χ4v) is 4.60. The fourth-order valence-electron chi connectivity index (χ4n) is 4.42. The molecule has 2 aromatic carbocycles. The fraction of sp³-hybridized carbons (Fsp3) is 0.444. The summed E-state index contributed by atoms with van der Waals surface area (Å²) in [5.74, 6) is 2.06. The monoisotopic (exact) mass is 499 g/mol. The van der Waals surface area contributed by atoms with Crippen LogP contribution in [0.2, 0.25) is 5.02 Å². The zero-order valence-corrected chi connectivity index (χ0v) is 21.2. The summed E-state index contributed by atoms with van der Waals surface area (Å²) < 4.78 is 19.4. The average molecular weight is 500 g/mol. The quantitative estimate of drug-likeness (QED) is 0.385. The smallest absolute Gasteiger partial charge is 0.161 e. The van der Waals surface area contributed by atoms with Gasteiger partial charge < -0.3 is 19.3 Å². The second-order valence-corrected chi connectivity index (χ2v) is 9.62. The lowest BCUT2D eigenvalue weighted by atomic mass is 9.93. The molecule has 8 heteroatoms. The van der Waals surface area contributed by atoms with Gasteiger partial charge in [0.05, 0.1) is 18.7 Å². The van der Waals surface area contributed by atoms with Crippen LogP contribution in [0, 0.1) is 6.92 Å². The van der Waals surface area contributed by atoms with Gasteiger partial charge in [0.2, 0.25) is 0 Å². The van der Waals surface area contributed by atoms with Crippen molar-refractivity contribution in [3.05, 3.63) is 71.0 Å². The van der Waals surface area contributed by atoms with E-state index in [9.17, 15) is 5.11 Å². The Bertz CT molecular complexity index is 1090. The Morgan fingerprint density at radius 1 is 1.11 bits per heavy atom. The molecule has 188 valence electrons. The van der Waals surface area contributed by atoms with Crippen LogP contribution in [0.3, 0.4) is 0 Å². The molecule has 1 N–H and O–H groups in total. The maximum Gasteiger partial charge on any atom is 0.161 e. The third kappa shape index (κ3) is 7.13. The van der Waals surface area contributed by atoms with E-state index in [1.807, 2.05) is 60.3 Å². The van der Waals surface area contributed by atoms with Crippen LogP contribution < -0.4 is 14.2 Å². The molecule has 1 saturated heterocycles. The number of methoxy groups -OCH3 is 1. The zero-order valence-electron chi connectivity index (χ0n) is 20.5. The number of halogens is 1. The molecule has 2 heterocycles. The maximum atomic E-state index is 11.2. The summed E-state index contributed by atoms with van der Waals surface area (Å²) >= 11 is 6.26. The molecule has 7 nitrogen and oxygen atoms in total. The summed E-state index contributed by atoms with van der Waals surface area (Å²) in [4.78, 5) is 2.26. The molecular formula is C27H34ClN3O4. The van der Waals surface area contributed by atoms with E-state index >= 15 is 0 Å². The number of benzene rings is 2. The van der Waals surface area contributed by atoms with E-state index in [1.54, 1.807) is 13.3 Å². The van der Waals surface area contributed by atoms with Crippen molar-refractivity contribution in [1.29, 1.82) is 0 Å². The summed E-state index contributed by atoms with van der Waals surface area (Å²) in [5, 5.41) is 16.0. The lowest BCUT2D eigenvalue weighted by Crippen LogP contribution is -2.51. The molecule has 3 aromatic rings. The Morgan fingerprint density at radius 2 is 2.00 bits per heavy atom. The molecule has 35 heavy (non-hydrogen) atoms. The lowest BCUT2D eigenvalue weighted by Gasteiger charge is -2.39. The predicted octanol–water partition coefficient (Wildman–Crippen LogP) is 4.73. The molecule has 1 aromatic heterocycles. The second-order valence-electron chi connectivity index (χ2n) is 9.22. The van der Waals surface area contributed by atoms with Gasteiger partial charge in [-0.05, 0) is 67.8 Å². The summed E-state index contributed by atoms with van der Waals surface area (Å²) in [6.07, 6.45) is 6.16. The van der Waals surface area contributed by atoms with Crippen molar-refractivity contribution < 1.29 is 19.3 Å². The summed E-state index contributed by atoms with van der Waals surface area (Å²) in [6, 6.07) is 13.6. The highest BCUT2D eigenvalue weighted by Crippen LogP contribution is 2.31. The van der Waals surface area contributed by atoms with Gasteiger partial charge in [0.25, 0.3) is 0 Å². The second kappa shape index (κ2) is 11.8. The van der Waals surface area contributed by atoms with Crippen LogP contribution in [-0.4, -0.2) is 58.8 Å². The number of β-amino-alcohol motifs (C(OH)–C–C–N with tert-alkyl or cyclic N) is 1. The van der Waals surface area contributed by atoms with Gasteiger partial charge in [0, 0.05) is 38.4 Å². The predicted molar refractivity (Wildman–Crippen MR) is 136 cm³/mol. The Kier molecular flexibility index (Phi) is 8.55. The minimum absolute atomic E-state index is 0.208. The highest BCUT2D eigenvalue weighted by molar-refractivity contribution is 6.32. The van der Waals surface area contributed by atoms with Crippen LogP contribution in [0.15, 0.2) is 54.9 Å². The van der Waals surface area contributed by atoms with Gasteiger partial charge >= 0.3 is 0 Å². The molecule has 1 unspecified atom stereocenters. The van der Waals surface area contributed by atoms with Gasteiger partial charge in [-0.15, -0.1) is 0 Å². The van der Waals surface area contributed by atoms with Crippen LogP contribution >= 0.6 is 11.6 Å². The van der Waals surface area contributed by atoms with Gasteiger partial charge in [-0.25, -0.2) is 0 Å². The van der Waals surface area contributed by atoms with Crippen molar-refractivity contribution in [3.63, 3.8) is 0 Å². The van der Waals surface area contributed by atoms with E-state index in [1.165, 1.54) is 0 Å². The molecule has 0 spiro atoms. The van der Waals surface area contributed by atoms with Crippen LogP contribution in [0.5, 0.6) is 17.2 Å². The Hall–Kier alpha value is -2.74. The van der Waals surface area contributed by atoms with Gasteiger partial charge in [0.1, 0.15) is 18.0 Å². The van der Waals surface area contributed by atoms with E-state index in [2.05, 4.69) is 10.00 Å². The number of rotatable bonds is 11. The molecule has 0 bridgehead atoms. The first-order valence-electron chi connectivity index (χ1n) is 12.0. The standard InChI is InChI=1S/C27H34ClN3O4/c1-21-6-8-23(28)25(16-21)35-20-27(32)10-3-12-30(19-27)18-22-7-9-24(33-2)26(17-22)34-15-5-14-31-13-4-11-29-31/h4,6-9,11,13,16-17,32H,3,5,10,12,14-15,18-20H2,1-2H3. The Labute approximate surface area is 212 Å². The SMILES string of the molecule is COc1ccc(CN2CCCC(O)(COc3cc(C)ccc3Cl)C2)cc1OCCCn1cccn1. The van der Waals surface area contributed by atoms with E-state index in [4.69, 9.17) is 25.8 Å². The summed E-state index contributed by atoms with van der Waals surface area (Å²) in [6.45, 7) is 5.73. The molecule has 0 amide bonds. The Balaban J connectivity index is 1.33. The van der Waals surface area contributed by atoms with Crippen LogP contribution in [0.25, 0.3) is 0 Å². The molecule has 0 aliphatic carbocycles. The number of piperidine rings is 1. The highest BCUT2D eigenvalue weighted by atomic mass is 35.5. The molecule has 1 atom stereocenters. The maximum absolute atomic E-state index is 11.2. The molecule has 4 rings (SSSR count). The number of hydrogen-bond acceptors (Lipinski definition) is 6.